The molecule has 0 saturated heterocycles. The number of aryl methyl sites for hydroxylation is 1. The molecule has 23 heavy (non-hydrogen) atoms. The van der Waals surface area contributed by atoms with E-state index in [0.29, 0.717) is 17.3 Å². The Bertz CT molecular complexity index is 864. The van der Waals surface area contributed by atoms with Crippen LogP contribution in [0.1, 0.15) is 60.5 Å². The summed E-state index contributed by atoms with van der Waals surface area (Å²) in [4.78, 5) is 35.7. The molecule has 0 aliphatic rings. The van der Waals surface area contributed by atoms with E-state index in [4.69, 9.17) is 4.42 Å². The monoisotopic (exact) mass is 314 g/mol. The average Bonchev–Trinajstić information content (AvgIpc) is 2.39. The van der Waals surface area contributed by atoms with E-state index in [1.807, 2.05) is 34.6 Å². The summed E-state index contributed by atoms with van der Waals surface area (Å²) >= 11 is 0. The van der Waals surface area contributed by atoms with Gasteiger partial charge in [0.25, 0.3) is 0 Å². The molecule has 2 rings (SSSR count). The van der Waals surface area contributed by atoms with Gasteiger partial charge in [-0.3, -0.25) is 14.4 Å². The molecule has 0 N–H and O–H groups in total. The molecule has 4 nitrogen and oxygen atoms in total. The predicted molar refractivity (Wildman–Crippen MR) is 90.4 cm³/mol. The quantitative estimate of drug-likeness (QED) is 0.811. The second-order valence-corrected chi connectivity index (χ2v) is 7.08. The molecule has 1 aromatic heterocycles. The maximum Gasteiger partial charge on any atom is 0.203 e. The third-order valence-corrected chi connectivity index (χ3v) is 4.09. The molecule has 4 heteroatoms. The van der Waals surface area contributed by atoms with Crippen LogP contribution in [0, 0.1) is 13.8 Å². The number of rotatable bonds is 3. The van der Waals surface area contributed by atoms with Crippen LogP contribution in [0.5, 0.6) is 0 Å². The number of fused-ring (bicyclic) bond motifs is 1. The Morgan fingerprint density at radius 3 is 2.35 bits per heavy atom. The van der Waals surface area contributed by atoms with Crippen molar-refractivity contribution in [1.29, 1.82) is 0 Å². The minimum atomic E-state index is -0.356. The summed E-state index contributed by atoms with van der Waals surface area (Å²) < 4.78 is 5.80. The van der Waals surface area contributed by atoms with Crippen LogP contribution >= 0.6 is 0 Å². The van der Waals surface area contributed by atoms with Crippen LogP contribution in [0.25, 0.3) is 11.0 Å². The van der Waals surface area contributed by atoms with E-state index in [1.165, 1.54) is 6.92 Å². The van der Waals surface area contributed by atoms with Crippen molar-refractivity contribution in [2.75, 3.05) is 0 Å². The van der Waals surface area contributed by atoms with Gasteiger partial charge in [0, 0.05) is 0 Å². The van der Waals surface area contributed by atoms with E-state index in [2.05, 4.69) is 0 Å². The Labute approximate surface area is 135 Å². The molecule has 0 unspecified atom stereocenters. The Hall–Kier alpha value is -2.23. The third kappa shape index (κ3) is 2.98. The van der Waals surface area contributed by atoms with Crippen molar-refractivity contribution >= 4 is 23.0 Å². The van der Waals surface area contributed by atoms with Gasteiger partial charge in [-0.05, 0) is 48.9 Å². The zero-order chi connectivity index (χ0) is 17.5. The lowest BCUT2D eigenvalue weighted by Crippen LogP contribution is -2.21. The first kappa shape index (κ1) is 17.1. The van der Waals surface area contributed by atoms with Crippen LogP contribution < -0.4 is 5.43 Å². The number of hydrogen-bond donors (Lipinski definition) is 0. The molecule has 0 saturated carbocycles. The first-order valence-electron chi connectivity index (χ1n) is 7.63. The van der Waals surface area contributed by atoms with Crippen molar-refractivity contribution < 1.29 is 14.0 Å². The van der Waals surface area contributed by atoms with Crippen LogP contribution in [-0.2, 0) is 16.6 Å². The lowest BCUT2D eigenvalue weighted by Gasteiger charge is -2.25. The molecule has 1 aromatic carbocycles. The summed E-state index contributed by atoms with van der Waals surface area (Å²) in [6.07, 6.45) is 0.433. The van der Waals surface area contributed by atoms with E-state index in [-0.39, 0.29) is 34.4 Å². The van der Waals surface area contributed by atoms with Gasteiger partial charge in [-0.25, -0.2) is 0 Å². The van der Waals surface area contributed by atoms with Crippen molar-refractivity contribution in [1.82, 2.24) is 0 Å². The number of ketones is 1. The lowest BCUT2D eigenvalue weighted by molar-refractivity contribution is -0.116. The van der Waals surface area contributed by atoms with Crippen molar-refractivity contribution in [3.63, 3.8) is 0 Å². The molecule has 1 heterocycles. The van der Waals surface area contributed by atoms with E-state index in [0.717, 1.165) is 16.7 Å². The molecule has 0 aliphatic carbocycles. The summed E-state index contributed by atoms with van der Waals surface area (Å²) in [6.45, 7) is 11.4. The van der Waals surface area contributed by atoms with Gasteiger partial charge in [-0.2, -0.15) is 0 Å². The smallest absolute Gasteiger partial charge is 0.203 e. The Balaban J connectivity index is 3.04. The van der Waals surface area contributed by atoms with Crippen molar-refractivity contribution in [3.05, 3.63) is 44.3 Å². The van der Waals surface area contributed by atoms with Crippen LogP contribution in [-0.4, -0.2) is 12.1 Å². The van der Waals surface area contributed by atoms with E-state index >= 15 is 0 Å². The molecule has 0 fully saturated rings. The van der Waals surface area contributed by atoms with Crippen molar-refractivity contribution in [2.24, 2.45) is 0 Å². The fourth-order valence-corrected chi connectivity index (χ4v) is 3.05. The molecule has 0 radical (unpaired) electrons. The molecular formula is C19H22O4. The second kappa shape index (κ2) is 5.76. The standard InChI is InChI=1S/C19H22O4/c1-10-7-15-16(17(12(10)3)19(4,5)6)18(22)13(9-20)14(23-15)8-11(2)21/h7,9H,8H2,1-6H3. The zero-order valence-electron chi connectivity index (χ0n) is 14.5. The number of Topliss-reactive ketones (excluding diaryl/α,β-unsaturated/α-hetero) is 1. The summed E-state index contributed by atoms with van der Waals surface area (Å²) in [7, 11) is 0. The molecule has 0 bridgehead atoms. The molecule has 2 aromatic rings. The average molecular weight is 314 g/mol. The Morgan fingerprint density at radius 2 is 1.87 bits per heavy atom. The van der Waals surface area contributed by atoms with Crippen LogP contribution in [0.4, 0.5) is 0 Å². The molecule has 0 amide bonds. The zero-order valence-corrected chi connectivity index (χ0v) is 14.5. The normalized spacial score (nSPS) is 11.7. The largest absolute Gasteiger partial charge is 0.460 e. The summed E-state index contributed by atoms with van der Waals surface area (Å²) in [5.41, 5.74) is 2.67. The highest BCUT2D eigenvalue weighted by Crippen LogP contribution is 2.34. The molecular weight excluding hydrogens is 292 g/mol. The highest BCUT2D eigenvalue weighted by atomic mass is 16.3. The van der Waals surface area contributed by atoms with E-state index < -0.39 is 0 Å². The first-order chi connectivity index (χ1) is 10.6. The summed E-state index contributed by atoms with van der Waals surface area (Å²) in [6, 6.07) is 1.81. The number of carbonyl (C=O) groups is 2. The fourth-order valence-electron chi connectivity index (χ4n) is 3.05. The maximum absolute atomic E-state index is 12.9. The molecule has 0 atom stereocenters. The van der Waals surface area contributed by atoms with Gasteiger partial charge in [0.1, 0.15) is 22.7 Å². The number of hydrogen-bond acceptors (Lipinski definition) is 4. The first-order valence-corrected chi connectivity index (χ1v) is 7.63. The lowest BCUT2D eigenvalue weighted by atomic mass is 9.80. The topological polar surface area (TPSA) is 64.3 Å². The van der Waals surface area contributed by atoms with Gasteiger partial charge in [0.2, 0.25) is 5.43 Å². The van der Waals surface area contributed by atoms with Gasteiger partial charge >= 0.3 is 0 Å². The minimum absolute atomic E-state index is 0.0542. The van der Waals surface area contributed by atoms with Crippen LogP contribution in [0.2, 0.25) is 0 Å². The molecule has 122 valence electrons. The number of benzene rings is 1. The third-order valence-electron chi connectivity index (χ3n) is 4.09. The molecule has 0 spiro atoms. The second-order valence-electron chi connectivity index (χ2n) is 7.08. The number of aldehydes is 1. The highest BCUT2D eigenvalue weighted by Gasteiger charge is 2.26. The van der Waals surface area contributed by atoms with Crippen molar-refractivity contribution in [3.8, 4) is 0 Å². The fraction of sp³-hybridized carbons (Fsp3) is 0.421. The Morgan fingerprint density at radius 1 is 1.26 bits per heavy atom. The van der Waals surface area contributed by atoms with Gasteiger partial charge in [0.05, 0.1) is 11.8 Å². The highest BCUT2D eigenvalue weighted by molar-refractivity contribution is 5.91. The molecule has 0 aliphatic heterocycles. The van der Waals surface area contributed by atoms with Gasteiger partial charge in [-0.1, -0.05) is 20.8 Å². The summed E-state index contributed by atoms with van der Waals surface area (Å²) in [5.74, 6) is -0.0106. The van der Waals surface area contributed by atoms with Gasteiger partial charge in [-0.15, -0.1) is 0 Å². The van der Waals surface area contributed by atoms with E-state index in [1.54, 1.807) is 6.07 Å². The Kier molecular flexibility index (Phi) is 4.29. The van der Waals surface area contributed by atoms with Crippen LogP contribution in [0.15, 0.2) is 15.3 Å². The van der Waals surface area contributed by atoms with Gasteiger partial charge < -0.3 is 4.42 Å². The summed E-state index contributed by atoms with van der Waals surface area (Å²) in [5, 5.41) is 0.440. The predicted octanol–water partition coefficient (Wildman–Crippen LogP) is 3.65. The van der Waals surface area contributed by atoms with Gasteiger partial charge in [0.15, 0.2) is 6.29 Å². The SMILES string of the molecule is CC(=O)Cc1oc2cc(C)c(C)c(C(C)(C)C)c2c(=O)c1C=O. The van der Waals surface area contributed by atoms with Crippen LogP contribution in [0.3, 0.4) is 0 Å². The van der Waals surface area contributed by atoms with Crippen molar-refractivity contribution in [2.45, 2.75) is 53.4 Å². The maximum atomic E-state index is 12.9. The van der Waals surface area contributed by atoms with E-state index in [9.17, 15) is 14.4 Å². The minimum Gasteiger partial charge on any atom is -0.460 e. The number of carbonyl (C=O) groups excluding carboxylic acids is 2.